The smallest absolute Gasteiger partial charge is 0.230 e. The molecular weight excluding hydrogens is 402 g/mol. The monoisotopic (exact) mass is 431 g/mol. The number of nitrogens with zero attached hydrogens (tertiary/aromatic N) is 7. The molecule has 0 atom stereocenters. The molecule has 0 radical (unpaired) electrons. The highest BCUT2D eigenvalue weighted by Crippen LogP contribution is 2.26. The second-order valence-electron chi connectivity index (χ2n) is 8.34. The predicted molar refractivity (Wildman–Crippen MR) is 126 cm³/mol. The third-order valence-electron chi connectivity index (χ3n) is 6.08. The van der Waals surface area contributed by atoms with E-state index in [0.29, 0.717) is 13.2 Å². The van der Waals surface area contributed by atoms with Crippen LogP contribution in [0, 0.1) is 13.8 Å². The van der Waals surface area contributed by atoms with Crippen LogP contribution in [-0.2, 0) is 4.74 Å². The molecule has 8 heteroatoms. The predicted octanol–water partition coefficient (Wildman–Crippen LogP) is 2.71. The van der Waals surface area contributed by atoms with Crippen LogP contribution in [0.5, 0.6) is 0 Å². The van der Waals surface area contributed by atoms with Gasteiger partial charge in [0.1, 0.15) is 5.82 Å². The molecule has 8 nitrogen and oxygen atoms in total. The highest BCUT2D eigenvalue weighted by molar-refractivity contribution is 5.63. The molecule has 2 aromatic heterocycles. The average Bonchev–Trinajstić information content (AvgIpc) is 2.86. The normalized spacial score (nSPS) is 17.0. The highest BCUT2D eigenvalue weighted by Gasteiger charge is 2.24. The zero-order valence-electron chi connectivity index (χ0n) is 18.7. The van der Waals surface area contributed by atoms with Crippen LogP contribution < -0.4 is 14.7 Å². The van der Waals surface area contributed by atoms with E-state index in [1.54, 1.807) is 0 Å². The van der Waals surface area contributed by atoms with Gasteiger partial charge in [0.25, 0.3) is 0 Å². The van der Waals surface area contributed by atoms with Gasteiger partial charge in [0.2, 0.25) is 11.9 Å². The molecule has 3 aromatic rings. The first-order chi connectivity index (χ1) is 15.7. The Balaban J connectivity index is 1.45. The molecule has 0 spiro atoms. The minimum Gasteiger partial charge on any atom is -0.378 e. The van der Waals surface area contributed by atoms with Gasteiger partial charge in [-0.05, 0) is 37.6 Å². The number of hydrogen-bond acceptors (Lipinski definition) is 8. The molecule has 4 heterocycles. The number of pyridine rings is 1. The van der Waals surface area contributed by atoms with E-state index in [2.05, 4.69) is 57.8 Å². The molecule has 2 fully saturated rings. The fourth-order valence-corrected chi connectivity index (χ4v) is 4.17. The summed E-state index contributed by atoms with van der Waals surface area (Å²) < 4.78 is 5.54. The zero-order chi connectivity index (χ0) is 21.9. The number of anilines is 3. The molecule has 0 unspecified atom stereocenters. The number of hydrogen-bond donors (Lipinski definition) is 0. The Bertz CT molecular complexity index is 1060. The van der Waals surface area contributed by atoms with Crippen molar-refractivity contribution < 1.29 is 4.74 Å². The van der Waals surface area contributed by atoms with Crippen LogP contribution in [0.1, 0.15) is 11.1 Å². The molecular formula is C24H29N7O. The maximum absolute atomic E-state index is 5.54. The van der Waals surface area contributed by atoms with Gasteiger partial charge in [0.05, 0.1) is 13.2 Å². The van der Waals surface area contributed by atoms with Gasteiger partial charge in [-0.25, -0.2) is 4.98 Å². The van der Waals surface area contributed by atoms with Crippen molar-refractivity contribution in [2.24, 2.45) is 0 Å². The average molecular weight is 432 g/mol. The van der Waals surface area contributed by atoms with E-state index in [-0.39, 0.29) is 0 Å². The van der Waals surface area contributed by atoms with Crippen molar-refractivity contribution in [3.05, 3.63) is 53.7 Å². The minimum absolute atomic E-state index is 0.697. The van der Waals surface area contributed by atoms with Crippen molar-refractivity contribution >= 4 is 17.7 Å². The zero-order valence-corrected chi connectivity index (χ0v) is 18.7. The summed E-state index contributed by atoms with van der Waals surface area (Å²) in [7, 11) is 0. The number of benzene rings is 1. The van der Waals surface area contributed by atoms with Crippen LogP contribution >= 0.6 is 0 Å². The maximum Gasteiger partial charge on any atom is 0.230 e. The molecule has 0 amide bonds. The summed E-state index contributed by atoms with van der Waals surface area (Å²) in [6.07, 6.45) is 1.85. The molecule has 0 bridgehead atoms. The van der Waals surface area contributed by atoms with Crippen LogP contribution in [0.3, 0.4) is 0 Å². The molecule has 0 saturated carbocycles. The van der Waals surface area contributed by atoms with E-state index in [1.165, 1.54) is 11.1 Å². The summed E-state index contributed by atoms with van der Waals surface area (Å²) in [6.45, 7) is 10.6. The van der Waals surface area contributed by atoms with E-state index in [4.69, 9.17) is 19.7 Å². The number of rotatable bonds is 4. The van der Waals surface area contributed by atoms with Gasteiger partial charge in [-0.2, -0.15) is 15.0 Å². The number of morpholine rings is 1. The van der Waals surface area contributed by atoms with E-state index < -0.39 is 0 Å². The topological polar surface area (TPSA) is 70.5 Å². The lowest BCUT2D eigenvalue weighted by Crippen LogP contribution is -2.47. The Labute approximate surface area is 188 Å². The third-order valence-corrected chi connectivity index (χ3v) is 6.08. The van der Waals surface area contributed by atoms with Crippen LogP contribution in [0.25, 0.3) is 11.4 Å². The molecule has 5 rings (SSSR count). The third kappa shape index (κ3) is 4.36. The van der Waals surface area contributed by atoms with Gasteiger partial charge in [0, 0.05) is 51.0 Å². The van der Waals surface area contributed by atoms with Crippen molar-refractivity contribution in [3.8, 4) is 11.4 Å². The highest BCUT2D eigenvalue weighted by atomic mass is 16.5. The lowest BCUT2D eigenvalue weighted by atomic mass is 10.1. The van der Waals surface area contributed by atoms with Gasteiger partial charge in [-0.3, -0.25) is 0 Å². The number of aromatic nitrogens is 4. The van der Waals surface area contributed by atoms with Crippen molar-refractivity contribution in [1.82, 2.24) is 19.9 Å². The Hall–Kier alpha value is -3.26. The summed E-state index contributed by atoms with van der Waals surface area (Å²) in [6, 6.07) is 12.5. The molecule has 0 N–H and O–H groups in total. The van der Waals surface area contributed by atoms with E-state index in [9.17, 15) is 0 Å². The SMILES string of the molecule is Cc1ccc(C)c(-c2nc(N3CCOCC3)nc(N3CCN(c4ccccn4)CC3)n2)c1. The van der Waals surface area contributed by atoms with Crippen LogP contribution in [0.2, 0.25) is 0 Å². The maximum atomic E-state index is 5.54. The molecule has 2 aliphatic heterocycles. The van der Waals surface area contributed by atoms with Gasteiger partial charge < -0.3 is 19.4 Å². The number of ether oxygens (including phenoxy) is 1. The lowest BCUT2D eigenvalue weighted by molar-refractivity contribution is 0.122. The quantitative estimate of drug-likeness (QED) is 0.625. The molecule has 0 aliphatic carbocycles. The van der Waals surface area contributed by atoms with Gasteiger partial charge in [-0.1, -0.05) is 23.8 Å². The molecule has 1 aromatic carbocycles. The lowest BCUT2D eigenvalue weighted by Gasteiger charge is -2.36. The summed E-state index contributed by atoms with van der Waals surface area (Å²) in [5, 5.41) is 0. The Morgan fingerprint density at radius 1 is 0.750 bits per heavy atom. The Morgan fingerprint density at radius 2 is 1.44 bits per heavy atom. The van der Waals surface area contributed by atoms with Gasteiger partial charge >= 0.3 is 0 Å². The van der Waals surface area contributed by atoms with Crippen LogP contribution in [0.15, 0.2) is 42.6 Å². The number of aryl methyl sites for hydroxylation is 2. The molecule has 2 aliphatic rings. The van der Waals surface area contributed by atoms with E-state index >= 15 is 0 Å². The van der Waals surface area contributed by atoms with Crippen molar-refractivity contribution in [2.75, 3.05) is 67.2 Å². The van der Waals surface area contributed by atoms with Crippen molar-refractivity contribution in [1.29, 1.82) is 0 Å². The summed E-state index contributed by atoms with van der Waals surface area (Å²) in [4.78, 5) is 26.0. The van der Waals surface area contributed by atoms with Gasteiger partial charge in [0.15, 0.2) is 5.82 Å². The van der Waals surface area contributed by atoms with E-state index in [1.807, 2.05) is 18.3 Å². The summed E-state index contributed by atoms with van der Waals surface area (Å²) in [5.74, 6) is 3.25. The van der Waals surface area contributed by atoms with Crippen molar-refractivity contribution in [2.45, 2.75) is 13.8 Å². The van der Waals surface area contributed by atoms with Crippen LogP contribution in [-0.4, -0.2) is 72.4 Å². The standard InChI is InChI=1S/C24H29N7O/c1-18-6-7-19(2)20(17-18)22-26-23(28-24(27-22)31-13-15-32-16-14-31)30-11-9-29(10-12-30)21-5-3-4-8-25-21/h3-8,17H,9-16H2,1-2H3. The Morgan fingerprint density at radius 3 is 2.12 bits per heavy atom. The molecule has 166 valence electrons. The fraction of sp³-hybridized carbons (Fsp3) is 0.417. The number of piperazine rings is 1. The second-order valence-corrected chi connectivity index (χ2v) is 8.34. The summed E-state index contributed by atoms with van der Waals surface area (Å²) in [5.41, 5.74) is 3.43. The first-order valence-corrected chi connectivity index (χ1v) is 11.2. The first kappa shape index (κ1) is 20.6. The second kappa shape index (κ2) is 9.08. The molecule has 32 heavy (non-hydrogen) atoms. The Kier molecular flexibility index (Phi) is 5.85. The largest absolute Gasteiger partial charge is 0.378 e. The van der Waals surface area contributed by atoms with E-state index in [0.717, 1.165) is 68.4 Å². The molecule has 2 saturated heterocycles. The first-order valence-electron chi connectivity index (χ1n) is 11.2. The fourth-order valence-electron chi connectivity index (χ4n) is 4.17. The van der Waals surface area contributed by atoms with Crippen LogP contribution in [0.4, 0.5) is 17.7 Å². The van der Waals surface area contributed by atoms with Crippen molar-refractivity contribution in [3.63, 3.8) is 0 Å². The summed E-state index contributed by atoms with van der Waals surface area (Å²) >= 11 is 0. The van der Waals surface area contributed by atoms with Gasteiger partial charge in [-0.15, -0.1) is 0 Å². The minimum atomic E-state index is 0.697.